The fraction of sp³-hybridized carbons (Fsp3) is 0.600. The molecule has 1 atom stereocenters. The number of hydrogen-bond donors (Lipinski definition) is 2. The zero-order valence-electron chi connectivity index (χ0n) is 23.6. The minimum absolute atomic E-state index is 0.0172. The third-order valence-corrected chi connectivity index (χ3v) is 8.27. The smallest absolute Gasteiger partial charge is 0.274 e. The molecule has 40 heavy (non-hydrogen) atoms. The summed E-state index contributed by atoms with van der Waals surface area (Å²) in [4.78, 5) is 34.9. The van der Waals surface area contributed by atoms with Crippen LogP contribution in [0.25, 0.3) is 11.3 Å². The monoisotopic (exact) mass is 551 g/mol. The standard InChI is InChI=1S/C24H29N5O4.C6H12O/c1-2-32-23-18(4-3-8-26-23)19-5-6-20(21(28-19)22(31)27-16-7-9-25-12-16)33-17-10-24(11-17)13-29(14-24)15-30;1-7-6-4-2-3-5-6/h3-6,8,15-17,25H,2,7,9-14H2,1H3,(H,27,31);6H,2-5H2,1H3. The van der Waals surface area contributed by atoms with Crippen LogP contribution in [0, 0.1) is 5.41 Å². The van der Waals surface area contributed by atoms with E-state index >= 15 is 0 Å². The predicted octanol–water partition coefficient (Wildman–Crippen LogP) is 3.21. The first-order valence-corrected chi connectivity index (χ1v) is 14.5. The molecule has 216 valence electrons. The maximum absolute atomic E-state index is 13.2. The van der Waals surface area contributed by atoms with E-state index in [2.05, 4.69) is 15.6 Å². The minimum atomic E-state index is -0.243. The molecule has 0 radical (unpaired) electrons. The Kier molecular flexibility index (Phi) is 9.16. The molecular formula is C30H41N5O5. The Hall–Kier alpha value is -3.24. The second-order valence-electron chi connectivity index (χ2n) is 11.3. The van der Waals surface area contributed by atoms with Crippen LogP contribution in [0.4, 0.5) is 0 Å². The van der Waals surface area contributed by atoms with Crippen molar-refractivity contribution in [2.24, 2.45) is 5.41 Å². The lowest BCUT2D eigenvalue weighted by Crippen LogP contribution is -2.64. The summed E-state index contributed by atoms with van der Waals surface area (Å²) in [6.45, 7) is 5.60. The van der Waals surface area contributed by atoms with Crippen LogP contribution >= 0.6 is 0 Å². The van der Waals surface area contributed by atoms with Crippen molar-refractivity contribution in [2.45, 2.75) is 70.1 Å². The molecule has 0 aromatic carbocycles. The first-order valence-electron chi connectivity index (χ1n) is 14.5. The van der Waals surface area contributed by atoms with Gasteiger partial charge in [-0.15, -0.1) is 0 Å². The van der Waals surface area contributed by atoms with Crippen LogP contribution in [-0.4, -0.2) is 85.3 Å². The topological polar surface area (TPSA) is 115 Å². The molecule has 4 heterocycles. The van der Waals surface area contributed by atoms with Crippen LogP contribution in [0.15, 0.2) is 30.5 Å². The summed E-state index contributed by atoms with van der Waals surface area (Å²) in [7, 11) is 1.80. The first kappa shape index (κ1) is 28.3. The molecule has 4 fully saturated rings. The summed E-state index contributed by atoms with van der Waals surface area (Å²) in [6, 6.07) is 7.44. The quantitative estimate of drug-likeness (QED) is 0.457. The van der Waals surface area contributed by atoms with Gasteiger partial charge in [0.2, 0.25) is 12.3 Å². The Labute approximate surface area is 236 Å². The molecule has 2 saturated heterocycles. The SMILES string of the molecule is CCOc1ncccc1-c1ccc(OC2CC3(C2)CN(C=O)C3)c(C(=O)NC2CCNC2)n1.COC1CCCC1. The molecule has 10 nitrogen and oxygen atoms in total. The van der Waals surface area contributed by atoms with Crippen LogP contribution in [0.2, 0.25) is 0 Å². The van der Waals surface area contributed by atoms with Crippen LogP contribution in [0.3, 0.4) is 0 Å². The van der Waals surface area contributed by atoms with Crippen molar-refractivity contribution >= 4 is 12.3 Å². The fourth-order valence-electron chi connectivity index (χ4n) is 6.16. The van der Waals surface area contributed by atoms with Crippen molar-refractivity contribution in [1.29, 1.82) is 0 Å². The number of amides is 2. The van der Waals surface area contributed by atoms with E-state index in [0.29, 0.717) is 30.0 Å². The van der Waals surface area contributed by atoms with E-state index in [-0.39, 0.29) is 29.2 Å². The second-order valence-corrected chi connectivity index (χ2v) is 11.3. The second kappa shape index (κ2) is 13.0. The number of likely N-dealkylation sites (tertiary alicyclic amines) is 1. The first-order chi connectivity index (χ1) is 19.5. The van der Waals surface area contributed by atoms with Gasteiger partial charge in [0, 0.05) is 44.4 Å². The number of hydrogen-bond acceptors (Lipinski definition) is 8. The molecule has 0 bridgehead atoms. The van der Waals surface area contributed by atoms with Crippen molar-refractivity contribution in [3.8, 4) is 22.9 Å². The third-order valence-electron chi connectivity index (χ3n) is 8.27. The van der Waals surface area contributed by atoms with Crippen LogP contribution in [-0.2, 0) is 9.53 Å². The van der Waals surface area contributed by atoms with Gasteiger partial charge in [-0.2, -0.15) is 0 Å². The highest BCUT2D eigenvalue weighted by atomic mass is 16.5. The molecule has 2 saturated carbocycles. The van der Waals surface area contributed by atoms with E-state index in [4.69, 9.17) is 19.2 Å². The van der Waals surface area contributed by atoms with Crippen molar-refractivity contribution in [2.75, 3.05) is 39.9 Å². The van der Waals surface area contributed by atoms with Gasteiger partial charge in [0.05, 0.1) is 24.0 Å². The fourth-order valence-corrected chi connectivity index (χ4v) is 6.16. The van der Waals surface area contributed by atoms with Gasteiger partial charge in [-0.25, -0.2) is 9.97 Å². The Morgan fingerprint density at radius 2 is 1.98 bits per heavy atom. The number of nitrogens with zero attached hydrogens (tertiary/aromatic N) is 3. The summed E-state index contributed by atoms with van der Waals surface area (Å²) < 4.78 is 17.0. The highest BCUT2D eigenvalue weighted by Crippen LogP contribution is 2.49. The lowest BCUT2D eigenvalue weighted by molar-refractivity contribution is -0.147. The molecule has 1 spiro atoms. The lowest BCUT2D eigenvalue weighted by Gasteiger charge is -2.57. The van der Waals surface area contributed by atoms with Crippen LogP contribution < -0.4 is 20.1 Å². The van der Waals surface area contributed by atoms with Gasteiger partial charge in [0.15, 0.2) is 11.4 Å². The Morgan fingerprint density at radius 1 is 1.18 bits per heavy atom. The van der Waals surface area contributed by atoms with E-state index in [1.165, 1.54) is 25.7 Å². The number of carbonyl (C=O) groups is 2. The molecule has 2 amide bonds. The number of pyridine rings is 2. The molecular weight excluding hydrogens is 510 g/mol. The molecule has 2 aliphatic heterocycles. The molecule has 1 unspecified atom stereocenters. The maximum atomic E-state index is 13.2. The average molecular weight is 552 g/mol. The number of nitrogens with one attached hydrogen (secondary N) is 2. The third kappa shape index (κ3) is 6.55. The lowest BCUT2D eigenvalue weighted by atomic mass is 9.62. The molecule has 2 aliphatic carbocycles. The number of methoxy groups -OCH3 is 1. The number of aromatic nitrogens is 2. The predicted molar refractivity (Wildman–Crippen MR) is 150 cm³/mol. The van der Waals surface area contributed by atoms with Gasteiger partial charge in [-0.1, -0.05) is 12.8 Å². The number of ether oxygens (including phenoxy) is 3. The van der Waals surface area contributed by atoms with Gasteiger partial charge < -0.3 is 29.7 Å². The maximum Gasteiger partial charge on any atom is 0.274 e. The molecule has 4 aliphatic rings. The number of rotatable bonds is 9. The van der Waals surface area contributed by atoms with Gasteiger partial charge in [0.25, 0.3) is 5.91 Å². The Bertz CT molecular complexity index is 1150. The summed E-state index contributed by atoms with van der Waals surface area (Å²) in [6.07, 6.45) is 11.2. The average Bonchev–Trinajstić information content (AvgIpc) is 3.65. The van der Waals surface area contributed by atoms with Crippen LogP contribution in [0.1, 0.15) is 62.4 Å². The summed E-state index contributed by atoms with van der Waals surface area (Å²) >= 11 is 0. The van der Waals surface area contributed by atoms with Crippen molar-refractivity contribution < 1.29 is 23.8 Å². The minimum Gasteiger partial charge on any atom is -0.488 e. The van der Waals surface area contributed by atoms with E-state index in [1.807, 2.05) is 31.2 Å². The zero-order valence-corrected chi connectivity index (χ0v) is 23.6. The van der Waals surface area contributed by atoms with Crippen molar-refractivity contribution in [3.05, 3.63) is 36.2 Å². The molecule has 2 aromatic rings. The van der Waals surface area contributed by atoms with E-state index in [0.717, 1.165) is 57.4 Å². The van der Waals surface area contributed by atoms with Gasteiger partial charge in [-0.05, 0) is 69.8 Å². The summed E-state index contributed by atoms with van der Waals surface area (Å²) in [5.74, 6) is 0.723. The Morgan fingerprint density at radius 3 is 2.62 bits per heavy atom. The van der Waals surface area contributed by atoms with Crippen molar-refractivity contribution in [1.82, 2.24) is 25.5 Å². The Balaban J connectivity index is 0.000000403. The van der Waals surface area contributed by atoms with Gasteiger partial charge in [-0.3, -0.25) is 9.59 Å². The van der Waals surface area contributed by atoms with Gasteiger partial charge in [0.1, 0.15) is 6.10 Å². The largest absolute Gasteiger partial charge is 0.488 e. The number of carbonyl (C=O) groups excluding carboxylic acids is 2. The van der Waals surface area contributed by atoms with Crippen molar-refractivity contribution in [3.63, 3.8) is 0 Å². The van der Waals surface area contributed by atoms with Gasteiger partial charge >= 0.3 is 0 Å². The normalized spacial score (nSPS) is 21.6. The zero-order chi connectivity index (χ0) is 28.0. The van der Waals surface area contributed by atoms with E-state index < -0.39 is 0 Å². The van der Waals surface area contributed by atoms with E-state index in [1.54, 1.807) is 18.2 Å². The summed E-state index contributed by atoms with van der Waals surface area (Å²) in [5.41, 5.74) is 1.79. The molecule has 2 N–H and O–H groups in total. The summed E-state index contributed by atoms with van der Waals surface area (Å²) in [5, 5.41) is 6.34. The molecule has 6 rings (SSSR count). The van der Waals surface area contributed by atoms with E-state index in [9.17, 15) is 9.59 Å². The molecule has 10 heteroatoms. The highest BCUT2D eigenvalue weighted by Gasteiger charge is 2.53. The van der Waals surface area contributed by atoms with Crippen LogP contribution in [0.5, 0.6) is 11.6 Å². The molecule has 2 aromatic heterocycles. The highest BCUT2D eigenvalue weighted by molar-refractivity contribution is 5.96.